The van der Waals surface area contributed by atoms with Crippen LogP contribution in [0.5, 0.6) is 11.5 Å². The van der Waals surface area contributed by atoms with Crippen molar-refractivity contribution in [1.82, 2.24) is 14.8 Å². The lowest BCUT2D eigenvalue weighted by Crippen LogP contribution is -2.45. The van der Waals surface area contributed by atoms with Crippen LogP contribution in [0.1, 0.15) is 10.4 Å². The van der Waals surface area contributed by atoms with Gasteiger partial charge in [-0.3, -0.25) is 9.80 Å². The number of anilines is 1. The van der Waals surface area contributed by atoms with E-state index in [-0.39, 0.29) is 0 Å². The number of hydrogen-bond acceptors (Lipinski definition) is 7. The summed E-state index contributed by atoms with van der Waals surface area (Å²) in [6.07, 6.45) is 1.88. The summed E-state index contributed by atoms with van der Waals surface area (Å²) in [5.74, 6) is 1.78. The van der Waals surface area contributed by atoms with Crippen LogP contribution < -0.4 is 15.2 Å². The Hall–Kier alpha value is -1.83. The molecule has 0 saturated carbocycles. The summed E-state index contributed by atoms with van der Waals surface area (Å²) in [4.78, 5) is 10.3. The topological polar surface area (TPSA) is 63.9 Å². The van der Waals surface area contributed by atoms with Crippen molar-refractivity contribution in [3.8, 4) is 11.5 Å². The van der Waals surface area contributed by atoms with E-state index in [1.54, 1.807) is 25.6 Å². The number of thiazole rings is 1. The normalized spacial score (nSPS) is 16.2. The fourth-order valence-electron chi connectivity index (χ4n) is 2.97. The highest BCUT2D eigenvalue weighted by Gasteiger charge is 2.19. The van der Waals surface area contributed by atoms with Gasteiger partial charge in [-0.1, -0.05) is 0 Å². The Morgan fingerprint density at radius 1 is 1.08 bits per heavy atom. The number of methoxy groups -OCH3 is 2. The molecular formula is C17H24N4O2S. The van der Waals surface area contributed by atoms with Crippen LogP contribution in [0.15, 0.2) is 24.4 Å². The number of rotatable bonds is 6. The smallest absolute Gasteiger partial charge is 0.180 e. The van der Waals surface area contributed by atoms with Gasteiger partial charge in [0.25, 0.3) is 0 Å². The molecule has 130 valence electrons. The second-order valence-corrected chi connectivity index (χ2v) is 7.04. The van der Waals surface area contributed by atoms with E-state index >= 15 is 0 Å². The van der Waals surface area contributed by atoms with Crippen LogP contribution in [0.3, 0.4) is 0 Å². The summed E-state index contributed by atoms with van der Waals surface area (Å²) in [5, 5.41) is 0.647. The average molecular weight is 348 g/mol. The van der Waals surface area contributed by atoms with Crippen LogP contribution >= 0.6 is 11.3 Å². The van der Waals surface area contributed by atoms with E-state index in [2.05, 4.69) is 20.9 Å². The molecule has 1 aliphatic rings. The Morgan fingerprint density at radius 2 is 1.79 bits per heavy atom. The number of nitrogen functional groups attached to an aromatic ring is 1. The lowest BCUT2D eigenvalue weighted by Gasteiger charge is -2.34. The fourth-order valence-corrected chi connectivity index (χ4v) is 3.69. The largest absolute Gasteiger partial charge is 0.497 e. The third-order valence-corrected chi connectivity index (χ3v) is 5.11. The van der Waals surface area contributed by atoms with Gasteiger partial charge in [0.15, 0.2) is 5.13 Å². The monoisotopic (exact) mass is 348 g/mol. The van der Waals surface area contributed by atoms with Gasteiger partial charge in [0.2, 0.25) is 0 Å². The third kappa shape index (κ3) is 4.17. The van der Waals surface area contributed by atoms with Gasteiger partial charge in [-0.2, -0.15) is 0 Å². The van der Waals surface area contributed by atoms with Gasteiger partial charge in [0.1, 0.15) is 11.5 Å². The molecule has 1 aromatic carbocycles. The first-order chi connectivity index (χ1) is 11.7. The van der Waals surface area contributed by atoms with Gasteiger partial charge in [-0.15, -0.1) is 11.3 Å². The zero-order valence-electron chi connectivity index (χ0n) is 14.2. The Balaban J connectivity index is 1.55. The first-order valence-electron chi connectivity index (χ1n) is 8.03. The van der Waals surface area contributed by atoms with E-state index in [9.17, 15) is 0 Å². The molecule has 2 heterocycles. The number of ether oxygens (including phenoxy) is 2. The third-order valence-electron chi connectivity index (χ3n) is 4.30. The van der Waals surface area contributed by atoms with E-state index in [0.29, 0.717) is 5.13 Å². The number of hydrogen-bond donors (Lipinski definition) is 1. The summed E-state index contributed by atoms with van der Waals surface area (Å²) >= 11 is 1.57. The van der Waals surface area contributed by atoms with E-state index in [0.717, 1.165) is 50.8 Å². The molecule has 2 N–H and O–H groups in total. The van der Waals surface area contributed by atoms with Gasteiger partial charge in [0, 0.05) is 55.9 Å². The van der Waals surface area contributed by atoms with Crippen molar-refractivity contribution in [3.63, 3.8) is 0 Å². The minimum atomic E-state index is 0.647. The summed E-state index contributed by atoms with van der Waals surface area (Å²) in [7, 11) is 3.40. The standard InChI is InChI=1S/C17H24N4O2S/c1-22-14-3-4-16(23-2)13(9-14)11-20-5-7-21(8-6-20)12-15-10-19-17(18)24-15/h3-4,9-10H,5-8,11-12H2,1-2H3,(H2,18,19). The molecule has 0 spiro atoms. The lowest BCUT2D eigenvalue weighted by atomic mass is 10.1. The van der Waals surface area contributed by atoms with Crippen LogP contribution in [-0.4, -0.2) is 55.2 Å². The molecule has 0 bridgehead atoms. The van der Waals surface area contributed by atoms with E-state index in [4.69, 9.17) is 15.2 Å². The molecule has 0 unspecified atom stereocenters. The second kappa shape index (κ2) is 7.83. The molecule has 6 nitrogen and oxygen atoms in total. The van der Waals surface area contributed by atoms with Gasteiger partial charge < -0.3 is 15.2 Å². The van der Waals surface area contributed by atoms with Crippen LogP contribution in [0, 0.1) is 0 Å². The molecule has 1 aromatic heterocycles. The summed E-state index contributed by atoms with van der Waals surface area (Å²) in [6, 6.07) is 5.96. The molecule has 0 amide bonds. The minimum absolute atomic E-state index is 0.647. The van der Waals surface area contributed by atoms with E-state index in [1.165, 1.54) is 10.4 Å². The summed E-state index contributed by atoms with van der Waals surface area (Å²) in [6.45, 7) is 5.98. The maximum absolute atomic E-state index is 5.70. The van der Waals surface area contributed by atoms with E-state index in [1.807, 2.05) is 18.3 Å². The fraction of sp³-hybridized carbons (Fsp3) is 0.471. The Bertz CT molecular complexity index is 668. The van der Waals surface area contributed by atoms with Crippen LogP contribution in [0.25, 0.3) is 0 Å². The van der Waals surface area contributed by atoms with Gasteiger partial charge >= 0.3 is 0 Å². The lowest BCUT2D eigenvalue weighted by molar-refractivity contribution is 0.122. The first kappa shape index (κ1) is 17.0. The molecule has 0 radical (unpaired) electrons. The molecular weight excluding hydrogens is 324 g/mol. The predicted molar refractivity (Wildman–Crippen MR) is 96.6 cm³/mol. The van der Waals surface area contributed by atoms with Gasteiger partial charge in [-0.25, -0.2) is 4.98 Å². The Morgan fingerprint density at radius 3 is 2.38 bits per heavy atom. The number of nitrogens with zero attached hydrogens (tertiary/aromatic N) is 3. The first-order valence-corrected chi connectivity index (χ1v) is 8.85. The summed E-state index contributed by atoms with van der Waals surface area (Å²) < 4.78 is 10.8. The summed E-state index contributed by atoms with van der Waals surface area (Å²) in [5.41, 5.74) is 6.87. The molecule has 0 atom stereocenters. The number of benzene rings is 1. The quantitative estimate of drug-likeness (QED) is 0.862. The second-order valence-electron chi connectivity index (χ2n) is 5.89. The van der Waals surface area contributed by atoms with Crippen molar-refractivity contribution in [2.45, 2.75) is 13.1 Å². The molecule has 2 aromatic rings. The van der Waals surface area contributed by atoms with Crippen molar-refractivity contribution >= 4 is 16.5 Å². The Labute approximate surface area is 146 Å². The maximum atomic E-state index is 5.70. The molecule has 24 heavy (non-hydrogen) atoms. The molecule has 0 aliphatic carbocycles. The highest BCUT2D eigenvalue weighted by Crippen LogP contribution is 2.26. The number of aromatic nitrogens is 1. The molecule has 3 rings (SSSR count). The Kier molecular flexibility index (Phi) is 5.55. The van der Waals surface area contributed by atoms with E-state index < -0.39 is 0 Å². The minimum Gasteiger partial charge on any atom is -0.497 e. The predicted octanol–water partition coefficient (Wildman–Crippen LogP) is 2.06. The highest BCUT2D eigenvalue weighted by atomic mass is 32.1. The van der Waals surface area contributed by atoms with Crippen LogP contribution in [0.4, 0.5) is 5.13 Å². The number of piperazine rings is 1. The van der Waals surface area contributed by atoms with Crippen molar-refractivity contribution in [3.05, 3.63) is 34.8 Å². The highest BCUT2D eigenvalue weighted by molar-refractivity contribution is 7.15. The average Bonchev–Trinajstić information content (AvgIpc) is 3.01. The van der Waals surface area contributed by atoms with Crippen LogP contribution in [0.2, 0.25) is 0 Å². The van der Waals surface area contributed by atoms with Crippen molar-refractivity contribution < 1.29 is 9.47 Å². The number of nitrogens with two attached hydrogens (primary N) is 1. The molecule has 1 aliphatic heterocycles. The van der Waals surface area contributed by atoms with Gasteiger partial charge in [0.05, 0.1) is 14.2 Å². The van der Waals surface area contributed by atoms with Crippen molar-refractivity contribution in [1.29, 1.82) is 0 Å². The van der Waals surface area contributed by atoms with Crippen molar-refractivity contribution in [2.75, 3.05) is 46.1 Å². The van der Waals surface area contributed by atoms with Gasteiger partial charge in [-0.05, 0) is 18.2 Å². The zero-order valence-corrected chi connectivity index (χ0v) is 15.0. The SMILES string of the molecule is COc1ccc(OC)c(CN2CCN(Cc3cnc(N)s3)CC2)c1. The maximum Gasteiger partial charge on any atom is 0.180 e. The molecule has 1 saturated heterocycles. The molecule has 7 heteroatoms. The molecule has 1 fully saturated rings. The zero-order chi connectivity index (χ0) is 16.9. The van der Waals surface area contributed by atoms with Crippen molar-refractivity contribution in [2.24, 2.45) is 0 Å². The van der Waals surface area contributed by atoms with Crippen LogP contribution in [-0.2, 0) is 13.1 Å².